The van der Waals surface area contributed by atoms with Crippen LogP contribution in [0, 0.1) is 5.92 Å². The summed E-state index contributed by atoms with van der Waals surface area (Å²) in [6, 6.07) is 18.4. The number of rotatable bonds is 7. The highest BCUT2D eigenvalue weighted by molar-refractivity contribution is 9.10. The molecule has 1 saturated carbocycles. The summed E-state index contributed by atoms with van der Waals surface area (Å²) in [7, 11) is 0. The molecule has 0 aliphatic heterocycles. The maximum absolute atomic E-state index is 4.64. The van der Waals surface area contributed by atoms with Crippen LogP contribution < -0.4 is 10.6 Å². The van der Waals surface area contributed by atoms with E-state index in [9.17, 15) is 0 Å². The molecule has 0 radical (unpaired) electrons. The van der Waals surface area contributed by atoms with Crippen LogP contribution in [0.15, 0.2) is 89.2 Å². The number of benzene rings is 2. The summed E-state index contributed by atoms with van der Waals surface area (Å²) in [5, 5.41) is 6.64. The topological polar surface area (TPSA) is 49.8 Å². The quantitative estimate of drug-likeness (QED) is 0.386. The molecule has 0 saturated heterocycles. The van der Waals surface area contributed by atoms with E-state index in [0.717, 1.165) is 27.0 Å². The molecule has 1 aliphatic rings. The summed E-state index contributed by atoms with van der Waals surface area (Å²) in [4.78, 5) is 9.06. The van der Waals surface area contributed by atoms with E-state index in [1.165, 1.54) is 18.4 Å². The van der Waals surface area contributed by atoms with Crippen molar-refractivity contribution in [1.29, 1.82) is 0 Å². The number of halogens is 1. The molecular weight excluding hydrogens is 424 g/mol. The van der Waals surface area contributed by atoms with Gasteiger partial charge in [-0.15, -0.1) is 0 Å². The molecule has 2 aromatic carbocycles. The zero-order valence-corrected chi connectivity index (χ0v) is 17.9. The smallest absolute Gasteiger partial charge is 0.229 e. The molecule has 2 N–H and O–H groups in total. The Kier molecular flexibility index (Phi) is 5.76. The molecule has 0 atom stereocenters. The molecule has 1 aromatic heterocycles. The first-order valence-corrected chi connectivity index (χ1v) is 10.5. The van der Waals surface area contributed by atoms with E-state index in [-0.39, 0.29) is 0 Å². The molecule has 29 heavy (non-hydrogen) atoms. The Balaban J connectivity index is 1.56. The van der Waals surface area contributed by atoms with Gasteiger partial charge in [-0.05, 0) is 59.3 Å². The molecule has 1 fully saturated rings. The number of nitrogens with zero attached hydrogens (tertiary/aromatic N) is 2. The molecule has 5 heteroatoms. The molecule has 4 rings (SSSR count). The highest BCUT2D eigenvalue weighted by Crippen LogP contribution is 2.36. The second kappa shape index (κ2) is 8.62. The summed E-state index contributed by atoms with van der Waals surface area (Å²) >= 11 is 3.53. The van der Waals surface area contributed by atoms with E-state index in [1.807, 2.05) is 36.4 Å². The standard InChI is InChI=1S/C24H23BrN4/c1-16(18-12-13-18)14-17(2)27-23-21(25)15-26-24(29-23)28-22-11-7-6-10-20(22)19-8-4-3-5-9-19/h3-11,14-15,18H,2,12-13H2,1H3,(H2,26,27,28,29)/b16-14+. The van der Waals surface area contributed by atoms with Crippen molar-refractivity contribution in [3.8, 4) is 11.1 Å². The van der Waals surface area contributed by atoms with Crippen molar-refractivity contribution in [2.45, 2.75) is 19.8 Å². The van der Waals surface area contributed by atoms with Gasteiger partial charge >= 0.3 is 0 Å². The molecule has 0 bridgehead atoms. The maximum atomic E-state index is 4.64. The lowest BCUT2D eigenvalue weighted by molar-refractivity contribution is 1.00. The second-order valence-electron chi connectivity index (χ2n) is 7.24. The van der Waals surface area contributed by atoms with Gasteiger partial charge in [0.05, 0.1) is 4.47 Å². The highest BCUT2D eigenvalue weighted by atomic mass is 79.9. The van der Waals surface area contributed by atoms with E-state index in [2.05, 4.69) is 74.3 Å². The zero-order chi connectivity index (χ0) is 20.2. The van der Waals surface area contributed by atoms with E-state index < -0.39 is 0 Å². The molecule has 1 heterocycles. The molecule has 4 nitrogen and oxygen atoms in total. The van der Waals surface area contributed by atoms with Gasteiger partial charge in [-0.2, -0.15) is 4.98 Å². The molecule has 0 unspecified atom stereocenters. The first-order chi connectivity index (χ1) is 14.1. The van der Waals surface area contributed by atoms with E-state index >= 15 is 0 Å². The van der Waals surface area contributed by atoms with Crippen LogP contribution in [0.1, 0.15) is 19.8 Å². The van der Waals surface area contributed by atoms with Gasteiger partial charge in [0.1, 0.15) is 5.82 Å². The number of hydrogen-bond donors (Lipinski definition) is 2. The number of nitrogens with one attached hydrogen (secondary N) is 2. The third kappa shape index (κ3) is 4.93. The van der Waals surface area contributed by atoms with Gasteiger partial charge in [-0.1, -0.05) is 60.7 Å². The second-order valence-corrected chi connectivity index (χ2v) is 8.09. The van der Waals surface area contributed by atoms with Gasteiger partial charge in [0.15, 0.2) is 0 Å². The lowest BCUT2D eigenvalue weighted by atomic mass is 10.0. The van der Waals surface area contributed by atoms with Gasteiger partial charge < -0.3 is 10.6 Å². The predicted molar refractivity (Wildman–Crippen MR) is 124 cm³/mol. The van der Waals surface area contributed by atoms with Crippen LogP contribution in [0.25, 0.3) is 11.1 Å². The van der Waals surface area contributed by atoms with Gasteiger partial charge in [0.2, 0.25) is 5.95 Å². The summed E-state index contributed by atoms with van der Waals surface area (Å²) in [5.74, 6) is 1.92. The van der Waals surface area contributed by atoms with Crippen LogP contribution in [0.4, 0.5) is 17.5 Å². The summed E-state index contributed by atoms with van der Waals surface area (Å²) < 4.78 is 0.790. The number of anilines is 3. The minimum atomic E-state index is 0.523. The number of hydrogen-bond acceptors (Lipinski definition) is 4. The minimum absolute atomic E-state index is 0.523. The molecule has 1 aliphatic carbocycles. The fourth-order valence-electron chi connectivity index (χ4n) is 3.22. The lowest BCUT2D eigenvalue weighted by Crippen LogP contribution is -2.04. The number of aromatic nitrogens is 2. The maximum Gasteiger partial charge on any atom is 0.229 e. The highest BCUT2D eigenvalue weighted by Gasteiger charge is 2.22. The van der Waals surface area contributed by atoms with Crippen molar-refractivity contribution >= 4 is 33.4 Å². The Morgan fingerprint density at radius 1 is 1.10 bits per heavy atom. The van der Waals surface area contributed by atoms with Gasteiger partial charge in [-0.25, -0.2) is 4.98 Å². The Bertz CT molecular complexity index is 1060. The lowest BCUT2D eigenvalue weighted by Gasteiger charge is -2.13. The molecule has 0 amide bonds. The third-order valence-electron chi connectivity index (χ3n) is 4.90. The van der Waals surface area contributed by atoms with Crippen LogP contribution in [0.5, 0.6) is 0 Å². The van der Waals surface area contributed by atoms with E-state index in [1.54, 1.807) is 6.20 Å². The molecule has 3 aromatic rings. The van der Waals surface area contributed by atoms with Gasteiger partial charge in [0.25, 0.3) is 0 Å². The minimum Gasteiger partial charge on any atom is -0.340 e. The Labute approximate surface area is 179 Å². The Morgan fingerprint density at radius 3 is 2.59 bits per heavy atom. The molecule has 146 valence electrons. The fourth-order valence-corrected chi connectivity index (χ4v) is 3.51. The number of allylic oxidation sites excluding steroid dienone is 2. The van der Waals surface area contributed by atoms with Crippen LogP contribution in [0.2, 0.25) is 0 Å². The van der Waals surface area contributed by atoms with Crippen LogP contribution in [-0.2, 0) is 0 Å². The van der Waals surface area contributed by atoms with E-state index in [0.29, 0.717) is 17.7 Å². The van der Waals surface area contributed by atoms with Crippen molar-refractivity contribution in [1.82, 2.24) is 9.97 Å². The van der Waals surface area contributed by atoms with Crippen molar-refractivity contribution in [3.63, 3.8) is 0 Å². The largest absolute Gasteiger partial charge is 0.340 e. The van der Waals surface area contributed by atoms with E-state index in [4.69, 9.17) is 0 Å². The average molecular weight is 447 g/mol. The zero-order valence-electron chi connectivity index (χ0n) is 16.3. The van der Waals surface area contributed by atoms with Crippen molar-refractivity contribution in [2.75, 3.05) is 10.6 Å². The van der Waals surface area contributed by atoms with Crippen LogP contribution in [0.3, 0.4) is 0 Å². The first kappa shape index (κ1) is 19.4. The first-order valence-electron chi connectivity index (χ1n) is 9.68. The Hall–Kier alpha value is -2.92. The average Bonchev–Trinajstić information content (AvgIpc) is 3.57. The SMILES string of the molecule is C=C(/C=C(\C)C1CC1)Nc1nc(Nc2ccccc2-c2ccccc2)ncc1Br. The monoisotopic (exact) mass is 446 g/mol. The molecule has 0 spiro atoms. The van der Waals surface area contributed by atoms with Gasteiger partial charge in [-0.3, -0.25) is 0 Å². The van der Waals surface area contributed by atoms with Crippen molar-refractivity contribution in [2.24, 2.45) is 5.92 Å². The normalized spacial score (nSPS) is 13.8. The third-order valence-corrected chi connectivity index (χ3v) is 5.48. The van der Waals surface area contributed by atoms with Crippen LogP contribution in [-0.4, -0.2) is 9.97 Å². The van der Waals surface area contributed by atoms with Crippen LogP contribution >= 0.6 is 15.9 Å². The predicted octanol–water partition coefficient (Wildman–Crippen LogP) is 6.93. The van der Waals surface area contributed by atoms with Gasteiger partial charge in [0, 0.05) is 23.1 Å². The molecular formula is C24H23BrN4. The van der Waals surface area contributed by atoms with Crippen molar-refractivity contribution < 1.29 is 0 Å². The Morgan fingerprint density at radius 2 is 1.83 bits per heavy atom. The summed E-state index contributed by atoms with van der Waals surface area (Å²) in [6.45, 7) is 6.28. The fraction of sp³-hybridized carbons (Fsp3) is 0.167. The summed E-state index contributed by atoms with van der Waals surface area (Å²) in [6.07, 6.45) is 6.40. The summed E-state index contributed by atoms with van der Waals surface area (Å²) in [5.41, 5.74) is 5.38. The number of para-hydroxylation sites is 1. The van der Waals surface area contributed by atoms with Crippen molar-refractivity contribution in [3.05, 3.63) is 89.2 Å².